The molecule has 0 atom stereocenters. The van der Waals surface area contributed by atoms with Crippen LogP contribution in [0.5, 0.6) is 0 Å². The van der Waals surface area contributed by atoms with Gasteiger partial charge in [-0.2, -0.15) is 0 Å². The normalized spacial score (nSPS) is 11.4. The highest BCUT2D eigenvalue weighted by Gasteiger charge is 2.13. The first-order valence-corrected chi connectivity index (χ1v) is 13.8. The van der Waals surface area contributed by atoms with Crippen LogP contribution in [0.25, 0.3) is 11.0 Å². The molecule has 0 saturated heterocycles. The van der Waals surface area contributed by atoms with Crippen LogP contribution in [-0.4, -0.2) is 18.3 Å². The van der Waals surface area contributed by atoms with Crippen molar-refractivity contribution in [2.24, 2.45) is 5.92 Å². The Kier molecular flexibility index (Phi) is 13.0. The van der Waals surface area contributed by atoms with E-state index in [2.05, 4.69) is 13.0 Å². The molecule has 2 aromatic rings. The molecule has 6 heteroatoms. The standard InChI is InChI=1S/C27H39ClO4S/c1-4-5-11-14-22-23-19-21(15-16-24(23)32-27(30)25(22)28)33-18-13-10-8-6-7-9-12-17-31-26(29)20(2)3/h15-16,19-20H,4-14,17-18H2,1-3H3. The van der Waals surface area contributed by atoms with E-state index in [4.69, 9.17) is 20.8 Å². The summed E-state index contributed by atoms with van der Waals surface area (Å²) in [4.78, 5) is 24.7. The lowest BCUT2D eigenvalue weighted by Gasteiger charge is -2.09. The van der Waals surface area contributed by atoms with Crippen LogP contribution in [0.15, 0.2) is 32.3 Å². The highest BCUT2D eigenvalue weighted by molar-refractivity contribution is 7.99. The Morgan fingerprint density at radius 2 is 1.73 bits per heavy atom. The first kappa shape index (κ1) is 27.8. The van der Waals surface area contributed by atoms with Crippen LogP contribution < -0.4 is 5.63 Å². The van der Waals surface area contributed by atoms with Crippen molar-refractivity contribution in [3.63, 3.8) is 0 Å². The van der Waals surface area contributed by atoms with Crippen LogP contribution in [0.2, 0.25) is 5.02 Å². The van der Waals surface area contributed by atoms with Gasteiger partial charge in [0.1, 0.15) is 10.6 Å². The SMILES string of the molecule is CCCCCc1c(Cl)c(=O)oc2ccc(SCCCCCCCCCOC(=O)C(C)C)cc12. The summed E-state index contributed by atoms with van der Waals surface area (Å²) >= 11 is 8.16. The Hall–Kier alpha value is -1.46. The van der Waals surface area contributed by atoms with E-state index in [-0.39, 0.29) is 16.9 Å². The van der Waals surface area contributed by atoms with Crippen molar-refractivity contribution in [3.8, 4) is 0 Å². The first-order valence-electron chi connectivity index (χ1n) is 12.5. The van der Waals surface area contributed by atoms with E-state index in [0.29, 0.717) is 12.2 Å². The van der Waals surface area contributed by atoms with Gasteiger partial charge in [-0.1, -0.05) is 77.3 Å². The number of carbonyl (C=O) groups is 1. The second-order valence-corrected chi connectivity index (χ2v) is 10.5. The minimum atomic E-state index is -0.437. The number of hydrogen-bond donors (Lipinski definition) is 0. The maximum atomic E-state index is 12.1. The highest BCUT2D eigenvalue weighted by Crippen LogP contribution is 2.30. The number of halogens is 1. The molecule has 0 spiro atoms. The number of hydrogen-bond acceptors (Lipinski definition) is 5. The molecule has 0 saturated carbocycles. The van der Waals surface area contributed by atoms with Gasteiger partial charge in [0.05, 0.1) is 12.5 Å². The number of aryl methyl sites for hydroxylation is 1. The molecule has 2 rings (SSSR count). The van der Waals surface area contributed by atoms with Gasteiger partial charge in [-0.25, -0.2) is 4.79 Å². The molecule has 1 aromatic heterocycles. The molecule has 33 heavy (non-hydrogen) atoms. The molecule has 0 N–H and O–H groups in total. The van der Waals surface area contributed by atoms with E-state index in [1.165, 1.54) is 37.0 Å². The largest absolute Gasteiger partial charge is 0.465 e. The summed E-state index contributed by atoms with van der Waals surface area (Å²) in [5.74, 6) is 0.940. The number of ether oxygens (including phenoxy) is 1. The molecule has 0 unspecified atom stereocenters. The van der Waals surface area contributed by atoms with Crippen LogP contribution in [-0.2, 0) is 16.0 Å². The van der Waals surface area contributed by atoms with E-state index >= 15 is 0 Å². The zero-order chi connectivity index (χ0) is 24.1. The lowest BCUT2D eigenvalue weighted by Crippen LogP contribution is -2.12. The van der Waals surface area contributed by atoms with Gasteiger partial charge in [-0.05, 0) is 55.2 Å². The van der Waals surface area contributed by atoms with Crippen molar-refractivity contribution in [2.75, 3.05) is 12.4 Å². The van der Waals surface area contributed by atoms with Gasteiger partial charge in [-0.3, -0.25) is 4.79 Å². The fraction of sp³-hybridized carbons (Fsp3) is 0.630. The van der Waals surface area contributed by atoms with E-state index < -0.39 is 5.63 Å². The van der Waals surface area contributed by atoms with Gasteiger partial charge < -0.3 is 9.15 Å². The van der Waals surface area contributed by atoms with Crippen molar-refractivity contribution in [1.29, 1.82) is 0 Å². The van der Waals surface area contributed by atoms with E-state index in [9.17, 15) is 9.59 Å². The third-order valence-corrected chi connectivity index (χ3v) is 7.19. The molecule has 0 radical (unpaired) electrons. The van der Waals surface area contributed by atoms with Crippen molar-refractivity contribution < 1.29 is 13.9 Å². The quantitative estimate of drug-likeness (QED) is 0.102. The molecule has 0 bridgehead atoms. The fourth-order valence-corrected chi connectivity index (χ4v) is 4.91. The Morgan fingerprint density at radius 1 is 1.03 bits per heavy atom. The Morgan fingerprint density at radius 3 is 2.42 bits per heavy atom. The summed E-state index contributed by atoms with van der Waals surface area (Å²) in [6.45, 7) is 6.44. The van der Waals surface area contributed by atoms with Gasteiger partial charge in [0.15, 0.2) is 0 Å². The summed E-state index contributed by atoms with van der Waals surface area (Å²) in [5, 5.41) is 1.21. The molecular weight excluding hydrogens is 456 g/mol. The number of carbonyl (C=O) groups excluding carboxylic acids is 1. The molecule has 184 valence electrons. The first-order chi connectivity index (χ1) is 15.9. The summed E-state index contributed by atoms with van der Waals surface area (Å²) in [6.07, 6.45) is 12.3. The van der Waals surface area contributed by atoms with Crippen molar-refractivity contribution in [1.82, 2.24) is 0 Å². The van der Waals surface area contributed by atoms with Crippen LogP contribution in [0, 0.1) is 5.92 Å². The minimum absolute atomic E-state index is 0.0381. The Balaban J connectivity index is 1.69. The fourth-order valence-electron chi connectivity index (χ4n) is 3.72. The molecule has 1 aromatic carbocycles. The molecule has 0 fully saturated rings. The average Bonchev–Trinajstić information content (AvgIpc) is 2.80. The highest BCUT2D eigenvalue weighted by atomic mass is 35.5. The Bertz CT molecular complexity index is 922. The zero-order valence-electron chi connectivity index (χ0n) is 20.4. The second-order valence-electron chi connectivity index (χ2n) is 8.94. The zero-order valence-corrected chi connectivity index (χ0v) is 22.0. The number of thioether (sulfide) groups is 1. The minimum Gasteiger partial charge on any atom is -0.465 e. The predicted octanol–water partition coefficient (Wildman–Crippen LogP) is 8.20. The van der Waals surface area contributed by atoms with E-state index in [1.807, 2.05) is 37.7 Å². The van der Waals surface area contributed by atoms with Crippen molar-refractivity contribution in [3.05, 3.63) is 39.2 Å². The number of benzene rings is 1. The van der Waals surface area contributed by atoms with Crippen LogP contribution in [0.4, 0.5) is 0 Å². The summed E-state index contributed by atoms with van der Waals surface area (Å²) in [7, 11) is 0. The van der Waals surface area contributed by atoms with Gasteiger partial charge in [-0.15, -0.1) is 11.8 Å². The molecular formula is C27H39ClO4S. The van der Waals surface area contributed by atoms with Crippen LogP contribution >= 0.6 is 23.4 Å². The van der Waals surface area contributed by atoms with E-state index in [1.54, 1.807) is 0 Å². The Labute approximate surface area is 207 Å². The van der Waals surface area contributed by atoms with Gasteiger partial charge in [0, 0.05) is 10.3 Å². The van der Waals surface area contributed by atoms with Crippen molar-refractivity contribution >= 4 is 40.3 Å². The second kappa shape index (κ2) is 15.4. The van der Waals surface area contributed by atoms with E-state index in [0.717, 1.165) is 55.2 Å². The van der Waals surface area contributed by atoms with Crippen LogP contribution in [0.1, 0.15) is 90.5 Å². The maximum Gasteiger partial charge on any atom is 0.355 e. The number of unbranched alkanes of at least 4 members (excludes halogenated alkanes) is 8. The summed E-state index contributed by atoms with van der Waals surface area (Å²) in [5.41, 5.74) is 1.12. The molecule has 0 aliphatic carbocycles. The van der Waals surface area contributed by atoms with Crippen LogP contribution in [0.3, 0.4) is 0 Å². The molecule has 4 nitrogen and oxygen atoms in total. The predicted molar refractivity (Wildman–Crippen MR) is 140 cm³/mol. The number of fused-ring (bicyclic) bond motifs is 1. The van der Waals surface area contributed by atoms with Crippen molar-refractivity contribution in [2.45, 2.75) is 96.3 Å². The molecule has 0 aliphatic rings. The number of rotatable bonds is 16. The third kappa shape index (κ3) is 9.74. The lowest BCUT2D eigenvalue weighted by molar-refractivity contribution is -0.147. The topological polar surface area (TPSA) is 56.5 Å². The van der Waals surface area contributed by atoms with Gasteiger partial charge >= 0.3 is 11.6 Å². The van der Waals surface area contributed by atoms with Gasteiger partial charge in [0.2, 0.25) is 0 Å². The van der Waals surface area contributed by atoms with Gasteiger partial charge in [0.25, 0.3) is 0 Å². The lowest BCUT2D eigenvalue weighted by atomic mass is 10.0. The molecule has 1 heterocycles. The monoisotopic (exact) mass is 494 g/mol. The summed E-state index contributed by atoms with van der Waals surface area (Å²) in [6, 6.07) is 6.06. The molecule has 0 aliphatic heterocycles. The molecule has 0 amide bonds. The maximum absolute atomic E-state index is 12.1. The third-order valence-electron chi connectivity index (χ3n) is 5.73. The summed E-state index contributed by atoms with van der Waals surface area (Å²) < 4.78 is 10.6. The smallest absolute Gasteiger partial charge is 0.355 e. The average molecular weight is 495 g/mol. The number of esters is 1.